The van der Waals surface area contributed by atoms with E-state index in [9.17, 15) is 0 Å². The summed E-state index contributed by atoms with van der Waals surface area (Å²) in [6, 6.07) is 10.8. The molecule has 0 bridgehead atoms. The molecule has 1 heterocycles. The lowest BCUT2D eigenvalue weighted by Crippen LogP contribution is -2.43. The molecule has 0 radical (unpaired) electrons. The number of nitrogens with one attached hydrogen (secondary N) is 1. The van der Waals surface area contributed by atoms with Gasteiger partial charge in [0, 0.05) is 19.1 Å². The summed E-state index contributed by atoms with van der Waals surface area (Å²) in [5.74, 6) is 0. The number of hydrogen-bond donors (Lipinski definition) is 1. The lowest BCUT2D eigenvalue weighted by molar-refractivity contribution is 0.188. The van der Waals surface area contributed by atoms with Crippen molar-refractivity contribution in [2.24, 2.45) is 0 Å². The van der Waals surface area contributed by atoms with Gasteiger partial charge in [0.05, 0.1) is 11.6 Å². The monoisotopic (exact) mass is 229 g/mol. The molecule has 1 aromatic rings. The molecule has 1 atom stereocenters. The standard InChI is InChI=1S/C14H19N3/c1-16-14-7-4-8-17(11-14)10-13-6-3-2-5-12(13)9-15/h2-3,5-6,14,16H,4,7-8,10-11H2,1H3/t14-/m0/s1. The van der Waals surface area contributed by atoms with Crippen LogP contribution in [0.3, 0.4) is 0 Å². The van der Waals surface area contributed by atoms with E-state index in [-0.39, 0.29) is 0 Å². The van der Waals surface area contributed by atoms with Crippen LogP contribution < -0.4 is 5.32 Å². The fraction of sp³-hybridized carbons (Fsp3) is 0.500. The summed E-state index contributed by atoms with van der Waals surface area (Å²) in [6.07, 6.45) is 2.49. The van der Waals surface area contributed by atoms with Crippen molar-refractivity contribution in [2.75, 3.05) is 20.1 Å². The van der Waals surface area contributed by atoms with Gasteiger partial charge in [-0.25, -0.2) is 0 Å². The van der Waals surface area contributed by atoms with Crippen LogP contribution in [0.5, 0.6) is 0 Å². The van der Waals surface area contributed by atoms with Crippen LogP contribution in [-0.4, -0.2) is 31.1 Å². The van der Waals surface area contributed by atoms with Crippen LogP contribution in [0.2, 0.25) is 0 Å². The highest BCUT2D eigenvalue weighted by Crippen LogP contribution is 2.15. The molecule has 0 spiro atoms. The van der Waals surface area contributed by atoms with Crippen molar-refractivity contribution in [1.29, 1.82) is 5.26 Å². The Morgan fingerprint density at radius 1 is 1.47 bits per heavy atom. The van der Waals surface area contributed by atoms with Crippen LogP contribution in [0.4, 0.5) is 0 Å². The molecule has 1 N–H and O–H groups in total. The number of piperidine rings is 1. The first kappa shape index (κ1) is 12.1. The van der Waals surface area contributed by atoms with Crippen LogP contribution >= 0.6 is 0 Å². The number of benzene rings is 1. The molecular formula is C14H19N3. The molecule has 2 rings (SSSR count). The first-order valence-electron chi connectivity index (χ1n) is 6.21. The molecule has 3 nitrogen and oxygen atoms in total. The summed E-state index contributed by atoms with van der Waals surface area (Å²) < 4.78 is 0. The first-order valence-corrected chi connectivity index (χ1v) is 6.21. The van der Waals surface area contributed by atoms with Crippen molar-refractivity contribution < 1.29 is 0 Å². The van der Waals surface area contributed by atoms with E-state index in [0.29, 0.717) is 6.04 Å². The third-order valence-electron chi connectivity index (χ3n) is 3.45. The lowest BCUT2D eigenvalue weighted by atomic mass is 10.0. The van der Waals surface area contributed by atoms with E-state index in [1.54, 1.807) is 0 Å². The van der Waals surface area contributed by atoms with Gasteiger partial charge in [-0.15, -0.1) is 0 Å². The van der Waals surface area contributed by atoms with Gasteiger partial charge < -0.3 is 5.32 Å². The number of likely N-dealkylation sites (N-methyl/N-ethyl adjacent to an activating group) is 1. The second-order valence-electron chi connectivity index (χ2n) is 4.63. The molecule has 1 aromatic carbocycles. The molecular weight excluding hydrogens is 210 g/mol. The minimum Gasteiger partial charge on any atom is -0.316 e. The minimum atomic E-state index is 0.595. The first-order chi connectivity index (χ1) is 8.33. The average Bonchev–Trinajstić information content (AvgIpc) is 2.39. The number of nitriles is 1. The van der Waals surface area contributed by atoms with Gasteiger partial charge in [0.15, 0.2) is 0 Å². The molecule has 0 unspecified atom stereocenters. The predicted molar refractivity (Wildman–Crippen MR) is 68.5 cm³/mol. The minimum absolute atomic E-state index is 0.595. The molecule has 0 aliphatic carbocycles. The van der Waals surface area contributed by atoms with Crippen molar-refractivity contribution in [2.45, 2.75) is 25.4 Å². The Balaban J connectivity index is 2.03. The van der Waals surface area contributed by atoms with Gasteiger partial charge in [0.1, 0.15) is 0 Å². The third-order valence-corrected chi connectivity index (χ3v) is 3.45. The fourth-order valence-electron chi connectivity index (χ4n) is 2.44. The molecule has 1 saturated heterocycles. The summed E-state index contributed by atoms with van der Waals surface area (Å²) in [5.41, 5.74) is 1.95. The maximum Gasteiger partial charge on any atom is 0.0995 e. The lowest BCUT2D eigenvalue weighted by Gasteiger charge is -2.32. The molecule has 1 fully saturated rings. The number of nitrogens with zero attached hydrogens (tertiary/aromatic N) is 2. The summed E-state index contributed by atoms with van der Waals surface area (Å²) in [6.45, 7) is 3.11. The van der Waals surface area contributed by atoms with E-state index < -0.39 is 0 Å². The van der Waals surface area contributed by atoms with Crippen LogP contribution in [0.15, 0.2) is 24.3 Å². The van der Waals surface area contributed by atoms with Gasteiger partial charge in [-0.05, 0) is 38.1 Å². The largest absolute Gasteiger partial charge is 0.316 e. The van der Waals surface area contributed by atoms with Crippen molar-refractivity contribution >= 4 is 0 Å². The molecule has 17 heavy (non-hydrogen) atoms. The van der Waals surface area contributed by atoms with Gasteiger partial charge in [-0.3, -0.25) is 4.90 Å². The Labute approximate surface area is 103 Å². The topological polar surface area (TPSA) is 39.1 Å². The summed E-state index contributed by atoms with van der Waals surface area (Å²) in [7, 11) is 2.03. The zero-order chi connectivity index (χ0) is 12.1. The average molecular weight is 229 g/mol. The molecule has 3 heteroatoms. The quantitative estimate of drug-likeness (QED) is 0.858. The van der Waals surface area contributed by atoms with E-state index in [2.05, 4.69) is 22.4 Å². The fourth-order valence-corrected chi connectivity index (χ4v) is 2.44. The smallest absolute Gasteiger partial charge is 0.0995 e. The molecule has 1 aliphatic heterocycles. The molecule has 1 aliphatic rings. The number of hydrogen-bond acceptors (Lipinski definition) is 3. The zero-order valence-electron chi connectivity index (χ0n) is 10.3. The van der Waals surface area contributed by atoms with Crippen LogP contribution in [0.25, 0.3) is 0 Å². The summed E-state index contributed by atoms with van der Waals surface area (Å²) >= 11 is 0. The molecule has 0 saturated carbocycles. The second-order valence-corrected chi connectivity index (χ2v) is 4.63. The Bertz CT molecular complexity index is 408. The van der Waals surface area contributed by atoms with E-state index in [0.717, 1.165) is 30.8 Å². The maximum atomic E-state index is 9.07. The van der Waals surface area contributed by atoms with E-state index in [1.165, 1.54) is 12.8 Å². The van der Waals surface area contributed by atoms with Crippen LogP contribution in [-0.2, 0) is 6.54 Å². The Morgan fingerprint density at radius 2 is 2.29 bits per heavy atom. The maximum absolute atomic E-state index is 9.07. The van der Waals surface area contributed by atoms with Crippen molar-refractivity contribution in [3.8, 4) is 6.07 Å². The number of rotatable bonds is 3. The van der Waals surface area contributed by atoms with Gasteiger partial charge in [0.25, 0.3) is 0 Å². The third kappa shape index (κ3) is 3.06. The summed E-state index contributed by atoms with van der Waals surface area (Å²) in [4.78, 5) is 2.43. The predicted octanol–water partition coefficient (Wildman–Crippen LogP) is 1.74. The van der Waals surface area contributed by atoms with Gasteiger partial charge in [-0.2, -0.15) is 5.26 Å². The summed E-state index contributed by atoms with van der Waals surface area (Å²) in [5, 5.41) is 12.4. The van der Waals surface area contributed by atoms with E-state index in [1.807, 2.05) is 25.2 Å². The van der Waals surface area contributed by atoms with Crippen LogP contribution in [0, 0.1) is 11.3 Å². The molecule has 0 aromatic heterocycles. The van der Waals surface area contributed by atoms with Crippen molar-refractivity contribution in [1.82, 2.24) is 10.2 Å². The van der Waals surface area contributed by atoms with E-state index >= 15 is 0 Å². The van der Waals surface area contributed by atoms with Gasteiger partial charge >= 0.3 is 0 Å². The van der Waals surface area contributed by atoms with Crippen molar-refractivity contribution in [3.05, 3.63) is 35.4 Å². The highest BCUT2D eigenvalue weighted by atomic mass is 15.2. The van der Waals surface area contributed by atoms with Crippen LogP contribution in [0.1, 0.15) is 24.0 Å². The highest BCUT2D eigenvalue weighted by molar-refractivity contribution is 5.37. The second kappa shape index (κ2) is 5.81. The Hall–Kier alpha value is -1.37. The van der Waals surface area contributed by atoms with Gasteiger partial charge in [0.2, 0.25) is 0 Å². The molecule has 0 amide bonds. The molecule has 90 valence electrons. The van der Waals surface area contributed by atoms with Crippen molar-refractivity contribution in [3.63, 3.8) is 0 Å². The Morgan fingerprint density at radius 3 is 3.06 bits per heavy atom. The highest BCUT2D eigenvalue weighted by Gasteiger charge is 2.18. The number of likely N-dealkylation sites (tertiary alicyclic amines) is 1. The van der Waals surface area contributed by atoms with Gasteiger partial charge in [-0.1, -0.05) is 18.2 Å². The Kier molecular flexibility index (Phi) is 4.13. The normalized spacial score (nSPS) is 21.1. The zero-order valence-corrected chi connectivity index (χ0v) is 10.3. The van der Waals surface area contributed by atoms with E-state index in [4.69, 9.17) is 5.26 Å². The SMILES string of the molecule is CN[C@H]1CCCN(Cc2ccccc2C#N)C1.